The third-order valence-corrected chi connectivity index (χ3v) is 10.4. The first-order chi connectivity index (χ1) is 24.7. The Morgan fingerprint density at radius 3 is 1.02 bits per heavy atom. The molecule has 0 amide bonds. The van der Waals surface area contributed by atoms with Gasteiger partial charge in [0.15, 0.2) is 0 Å². The fourth-order valence-corrected chi connectivity index (χ4v) is 7.36. The highest BCUT2D eigenvalue weighted by molar-refractivity contribution is 7.99. The molecule has 0 aliphatic rings. The molecule has 0 radical (unpaired) electrons. The highest BCUT2D eigenvalue weighted by Gasteiger charge is 2.22. The number of hydrogen-bond acceptors (Lipinski definition) is 6. The zero-order valence-corrected chi connectivity index (χ0v) is 32.5. The van der Waals surface area contributed by atoms with Crippen molar-refractivity contribution in [3.63, 3.8) is 0 Å². The summed E-state index contributed by atoms with van der Waals surface area (Å²) in [5.74, 6) is 3.44. The molecule has 50 heavy (non-hydrogen) atoms. The molecule has 0 saturated carbocycles. The Balaban J connectivity index is 1.87. The van der Waals surface area contributed by atoms with Gasteiger partial charge in [0.25, 0.3) is 0 Å². The summed E-state index contributed by atoms with van der Waals surface area (Å²) in [7, 11) is 0. The van der Waals surface area contributed by atoms with E-state index in [0.29, 0.717) is 26.4 Å². The minimum Gasteiger partial charge on any atom is -0.493 e. The smallest absolute Gasteiger partial charge is 0.134 e. The Kier molecular flexibility index (Phi) is 18.4. The van der Waals surface area contributed by atoms with Crippen LogP contribution in [0.3, 0.4) is 0 Å². The summed E-state index contributed by atoms with van der Waals surface area (Å²) in [6, 6.07) is 29.8. The Hall–Kier alpha value is -3.22. The van der Waals surface area contributed by atoms with E-state index in [1.165, 1.54) is 9.79 Å². The van der Waals surface area contributed by atoms with Crippen LogP contribution in [0, 0.1) is 0 Å². The van der Waals surface area contributed by atoms with Crippen LogP contribution in [-0.2, 0) is 0 Å². The third-order valence-electron chi connectivity index (χ3n) is 8.35. The minimum absolute atomic E-state index is 0.655. The number of ether oxygens (including phenoxy) is 4. The summed E-state index contributed by atoms with van der Waals surface area (Å²) < 4.78 is 26.5. The van der Waals surface area contributed by atoms with Crippen LogP contribution in [0.15, 0.2) is 105 Å². The molecule has 0 unspecified atom stereocenters. The van der Waals surface area contributed by atoms with E-state index in [0.717, 1.165) is 121 Å². The maximum Gasteiger partial charge on any atom is 0.134 e. The normalized spacial score (nSPS) is 11.0. The van der Waals surface area contributed by atoms with Crippen molar-refractivity contribution in [2.45, 2.75) is 124 Å². The van der Waals surface area contributed by atoms with Crippen LogP contribution < -0.4 is 18.9 Å². The Labute approximate surface area is 311 Å². The Morgan fingerprint density at radius 1 is 0.380 bits per heavy atom. The number of hydrogen-bond donors (Lipinski definition) is 0. The molecule has 0 aromatic heterocycles. The maximum absolute atomic E-state index is 6.68. The molecule has 4 rings (SSSR count). The average molecular weight is 715 g/mol. The van der Waals surface area contributed by atoms with Crippen molar-refractivity contribution >= 4 is 23.5 Å². The molecule has 4 nitrogen and oxygen atoms in total. The van der Waals surface area contributed by atoms with E-state index in [2.05, 4.69) is 113 Å². The Bertz CT molecular complexity index is 1390. The van der Waals surface area contributed by atoms with Crippen molar-refractivity contribution < 1.29 is 18.9 Å². The fourth-order valence-electron chi connectivity index (χ4n) is 5.50. The lowest BCUT2D eigenvalue weighted by atomic mass is 10.0. The summed E-state index contributed by atoms with van der Waals surface area (Å²) in [4.78, 5) is 4.44. The molecule has 0 heterocycles. The largest absolute Gasteiger partial charge is 0.493 e. The summed E-state index contributed by atoms with van der Waals surface area (Å²) in [5.41, 5.74) is 1.95. The molecule has 270 valence electrons. The van der Waals surface area contributed by atoms with Gasteiger partial charge in [-0.05, 0) is 74.2 Å². The van der Waals surface area contributed by atoms with E-state index in [9.17, 15) is 0 Å². The predicted molar refractivity (Wildman–Crippen MR) is 213 cm³/mol. The van der Waals surface area contributed by atoms with Crippen LogP contribution in [0.2, 0.25) is 0 Å². The van der Waals surface area contributed by atoms with Crippen molar-refractivity contribution in [2.75, 3.05) is 26.4 Å². The second-order valence-electron chi connectivity index (χ2n) is 12.6. The molecule has 4 aromatic rings. The first-order valence-electron chi connectivity index (χ1n) is 19.0. The van der Waals surface area contributed by atoms with Gasteiger partial charge in [0, 0.05) is 20.9 Å². The second-order valence-corrected chi connectivity index (χ2v) is 14.9. The summed E-state index contributed by atoms with van der Waals surface area (Å²) >= 11 is 3.44. The standard InChI is InChI=1S/C44H58O4S2/c1-5-9-19-27-45-39-33-43(49-35-23-15-13-16-24-35)41(47-29-21-11-7-3)31-37(39)38-32-42(48-30-22-12-8-4)44(50-36-25-17-14-18-26-36)34-40(38)46-28-20-10-6-2/h13-18,23-26,31-34H,5-12,19-22,27-30H2,1-4H3. The lowest BCUT2D eigenvalue weighted by Gasteiger charge is -2.21. The van der Waals surface area contributed by atoms with Gasteiger partial charge in [0.2, 0.25) is 0 Å². The SMILES string of the molecule is CCCCCOc1cc(-c2cc(OCCCCC)c(Sc3ccccc3)cc2OCCCCC)c(OCCCCC)cc1Sc1ccccc1. The van der Waals surface area contributed by atoms with E-state index >= 15 is 0 Å². The minimum atomic E-state index is 0.655. The first kappa shape index (κ1) is 39.6. The molecule has 0 N–H and O–H groups in total. The van der Waals surface area contributed by atoms with Gasteiger partial charge < -0.3 is 18.9 Å². The zero-order chi connectivity index (χ0) is 35.2. The quantitative estimate of drug-likeness (QED) is 0.0636. The maximum atomic E-state index is 6.68. The van der Waals surface area contributed by atoms with E-state index in [-0.39, 0.29) is 0 Å². The van der Waals surface area contributed by atoms with Gasteiger partial charge in [-0.15, -0.1) is 0 Å². The fraction of sp³-hybridized carbons (Fsp3) is 0.455. The predicted octanol–water partition coefficient (Wildman–Crippen LogP) is 13.9. The van der Waals surface area contributed by atoms with Gasteiger partial charge in [-0.2, -0.15) is 0 Å². The summed E-state index contributed by atoms with van der Waals surface area (Å²) in [6.45, 7) is 11.6. The molecule has 4 aromatic carbocycles. The van der Waals surface area contributed by atoms with Crippen molar-refractivity contribution in [3.8, 4) is 34.1 Å². The molecule has 6 heteroatoms. The molecule has 0 fully saturated rings. The van der Waals surface area contributed by atoms with Crippen molar-refractivity contribution in [1.82, 2.24) is 0 Å². The summed E-state index contributed by atoms with van der Waals surface area (Å²) in [5, 5.41) is 0. The molecule has 0 aliphatic carbocycles. The van der Waals surface area contributed by atoms with Crippen LogP contribution in [0.1, 0.15) is 105 Å². The van der Waals surface area contributed by atoms with Gasteiger partial charge >= 0.3 is 0 Å². The lowest BCUT2D eigenvalue weighted by molar-refractivity contribution is 0.290. The first-order valence-corrected chi connectivity index (χ1v) is 20.6. The van der Waals surface area contributed by atoms with E-state index in [1.54, 1.807) is 23.5 Å². The van der Waals surface area contributed by atoms with Gasteiger partial charge in [-0.25, -0.2) is 0 Å². The van der Waals surface area contributed by atoms with E-state index < -0.39 is 0 Å². The topological polar surface area (TPSA) is 36.9 Å². The van der Waals surface area contributed by atoms with Crippen molar-refractivity contribution in [2.24, 2.45) is 0 Å². The lowest BCUT2D eigenvalue weighted by Crippen LogP contribution is -2.05. The van der Waals surface area contributed by atoms with E-state index in [1.807, 2.05) is 0 Å². The molecule has 0 spiro atoms. The molecule has 0 bridgehead atoms. The highest BCUT2D eigenvalue weighted by atomic mass is 32.2. The van der Waals surface area contributed by atoms with Gasteiger partial charge in [-0.3, -0.25) is 0 Å². The van der Waals surface area contributed by atoms with Crippen molar-refractivity contribution in [1.29, 1.82) is 0 Å². The monoisotopic (exact) mass is 714 g/mol. The van der Waals surface area contributed by atoms with Gasteiger partial charge in [0.1, 0.15) is 23.0 Å². The van der Waals surface area contributed by atoms with Gasteiger partial charge in [0.05, 0.1) is 36.2 Å². The van der Waals surface area contributed by atoms with E-state index in [4.69, 9.17) is 18.9 Å². The molecule has 0 aliphatic heterocycles. The molecule has 0 atom stereocenters. The number of rotatable bonds is 25. The Morgan fingerprint density at radius 2 is 0.700 bits per heavy atom. The van der Waals surface area contributed by atoms with Crippen LogP contribution >= 0.6 is 23.5 Å². The van der Waals surface area contributed by atoms with Crippen LogP contribution in [0.25, 0.3) is 11.1 Å². The second kappa shape index (κ2) is 23.3. The molecule has 0 saturated heterocycles. The van der Waals surface area contributed by atoms with Crippen LogP contribution in [-0.4, -0.2) is 26.4 Å². The van der Waals surface area contributed by atoms with Crippen LogP contribution in [0.5, 0.6) is 23.0 Å². The highest BCUT2D eigenvalue weighted by Crippen LogP contribution is 2.49. The summed E-state index contributed by atoms with van der Waals surface area (Å²) in [6.07, 6.45) is 13.2. The number of benzene rings is 4. The average Bonchev–Trinajstić information content (AvgIpc) is 3.14. The zero-order valence-electron chi connectivity index (χ0n) is 30.8. The van der Waals surface area contributed by atoms with Gasteiger partial charge in [-0.1, -0.05) is 139 Å². The van der Waals surface area contributed by atoms with Crippen LogP contribution in [0.4, 0.5) is 0 Å². The van der Waals surface area contributed by atoms with Crippen molar-refractivity contribution in [3.05, 3.63) is 84.9 Å². The third kappa shape index (κ3) is 13.2. The number of unbranched alkanes of at least 4 members (excludes halogenated alkanes) is 8. The molecular formula is C44H58O4S2. The molecular weight excluding hydrogens is 657 g/mol.